The number of carbonyl (C=O) groups is 2. The fourth-order valence-electron chi connectivity index (χ4n) is 3.19. The van der Waals surface area contributed by atoms with Gasteiger partial charge in [0.2, 0.25) is 11.8 Å². The van der Waals surface area contributed by atoms with Crippen molar-refractivity contribution in [3.63, 3.8) is 0 Å². The molecule has 0 atom stereocenters. The molecule has 0 radical (unpaired) electrons. The molecule has 0 saturated heterocycles. The van der Waals surface area contributed by atoms with Crippen molar-refractivity contribution in [1.82, 2.24) is 5.43 Å². The summed E-state index contributed by atoms with van der Waals surface area (Å²) in [6.07, 6.45) is -3.51. The van der Waals surface area contributed by atoms with Gasteiger partial charge in [0.05, 0.1) is 18.4 Å². The van der Waals surface area contributed by atoms with E-state index in [0.29, 0.717) is 30.3 Å². The SMILES string of the molecule is CCOc1cc(C=NNC(=O)CCC(=O)Nc2cccc(C(F)(F)F)c2)ccc1OCc1ccccc1. The average Bonchev–Trinajstić information content (AvgIpc) is 2.87. The van der Waals surface area contributed by atoms with Gasteiger partial charge in [-0.15, -0.1) is 0 Å². The van der Waals surface area contributed by atoms with Crippen molar-refractivity contribution in [2.24, 2.45) is 5.10 Å². The van der Waals surface area contributed by atoms with E-state index in [4.69, 9.17) is 9.47 Å². The topological polar surface area (TPSA) is 89.0 Å². The third kappa shape index (κ3) is 8.99. The Morgan fingerprint density at radius 2 is 1.65 bits per heavy atom. The zero-order valence-corrected chi connectivity index (χ0v) is 20.0. The first-order chi connectivity index (χ1) is 17.7. The van der Waals surface area contributed by atoms with E-state index in [-0.39, 0.29) is 18.5 Å². The number of hydrazone groups is 1. The van der Waals surface area contributed by atoms with Gasteiger partial charge < -0.3 is 14.8 Å². The standard InChI is InChI=1S/C27H26F3N3O4/c1-2-36-24-15-20(11-12-23(24)37-18-19-7-4-3-5-8-19)17-31-33-26(35)14-13-25(34)32-22-10-6-9-21(16-22)27(28,29)30/h3-12,15-17H,2,13-14,18H2,1H3,(H,32,34)(H,33,35). The summed E-state index contributed by atoms with van der Waals surface area (Å²) in [6, 6.07) is 19.2. The van der Waals surface area contributed by atoms with E-state index in [9.17, 15) is 22.8 Å². The maximum atomic E-state index is 12.8. The summed E-state index contributed by atoms with van der Waals surface area (Å²) in [5.41, 5.74) is 3.11. The minimum absolute atomic E-state index is 0.000415. The predicted molar refractivity (Wildman–Crippen MR) is 133 cm³/mol. The molecular formula is C27H26F3N3O4. The highest BCUT2D eigenvalue weighted by molar-refractivity contribution is 5.93. The van der Waals surface area contributed by atoms with Crippen LogP contribution in [-0.2, 0) is 22.4 Å². The molecule has 0 fully saturated rings. The molecule has 2 amide bonds. The second-order valence-corrected chi connectivity index (χ2v) is 7.83. The number of anilines is 1. The number of halogens is 3. The van der Waals surface area contributed by atoms with Crippen molar-refractivity contribution in [1.29, 1.82) is 0 Å². The molecule has 0 bridgehead atoms. The predicted octanol–water partition coefficient (Wildman–Crippen LogP) is 5.55. The van der Waals surface area contributed by atoms with Crippen molar-refractivity contribution in [3.8, 4) is 11.5 Å². The molecule has 0 aromatic heterocycles. The maximum absolute atomic E-state index is 12.8. The van der Waals surface area contributed by atoms with Crippen LogP contribution in [0.15, 0.2) is 77.9 Å². The van der Waals surface area contributed by atoms with Crippen molar-refractivity contribution in [2.45, 2.75) is 32.5 Å². The lowest BCUT2D eigenvalue weighted by atomic mass is 10.2. The molecule has 3 rings (SSSR count). The minimum Gasteiger partial charge on any atom is -0.490 e. The molecule has 0 saturated carbocycles. The monoisotopic (exact) mass is 513 g/mol. The molecular weight excluding hydrogens is 487 g/mol. The van der Waals surface area contributed by atoms with Crippen LogP contribution in [0.2, 0.25) is 0 Å². The third-order valence-corrected chi connectivity index (χ3v) is 4.96. The normalized spacial score (nSPS) is 11.2. The summed E-state index contributed by atoms with van der Waals surface area (Å²) in [6.45, 7) is 2.67. The Morgan fingerprint density at radius 3 is 2.38 bits per heavy atom. The molecule has 3 aromatic rings. The quantitative estimate of drug-likeness (QED) is 0.260. The van der Waals surface area contributed by atoms with Gasteiger partial charge in [-0.05, 0) is 54.4 Å². The van der Waals surface area contributed by atoms with Gasteiger partial charge in [-0.1, -0.05) is 36.4 Å². The average molecular weight is 514 g/mol. The number of nitrogens with one attached hydrogen (secondary N) is 2. The Hall–Kier alpha value is -4.34. The van der Waals surface area contributed by atoms with Crippen LogP contribution in [0.3, 0.4) is 0 Å². The van der Waals surface area contributed by atoms with Crippen LogP contribution in [0.25, 0.3) is 0 Å². The molecule has 0 aliphatic heterocycles. The maximum Gasteiger partial charge on any atom is 0.416 e. The lowest BCUT2D eigenvalue weighted by molar-refractivity contribution is -0.137. The van der Waals surface area contributed by atoms with Gasteiger partial charge in [-0.25, -0.2) is 5.43 Å². The first-order valence-corrected chi connectivity index (χ1v) is 11.5. The molecule has 2 N–H and O–H groups in total. The van der Waals surface area contributed by atoms with Gasteiger partial charge in [0.1, 0.15) is 6.61 Å². The highest BCUT2D eigenvalue weighted by atomic mass is 19.4. The van der Waals surface area contributed by atoms with Crippen molar-refractivity contribution < 1.29 is 32.2 Å². The van der Waals surface area contributed by atoms with E-state index in [1.807, 2.05) is 37.3 Å². The van der Waals surface area contributed by atoms with Gasteiger partial charge in [-0.3, -0.25) is 9.59 Å². The van der Waals surface area contributed by atoms with Crippen molar-refractivity contribution in [2.75, 3.05) is 11.9 Å². The summed E-state index contributed by atoms with van der Waals surface area (Å²) < 4.78 is 49.9. The van der Waals surface area contributed by atoms with E-state index in [1.54, 1.807) is 18.2 Å². The Morgan fingerprint density at radius 1 is 0.892 bits per heavy atom. The molecule has 10 heteroatoms. The Bertz CT molecular complexity index is 1230. The number of ether oxygens (including phenoxy) is 2. The largest absolute Gasteiger partial charge is 0.490 e. The molecule has 0 heterocycles. The van der Waals surface area contributed by atoms with E-state index in [0.717, 1.165) is 17.7 Å². The Balaban J connectivity index is 1.48. The number of alkyl halides is 3. The zero-order chi connectivity index (χ0) is 26.7. The van der Waals surface area contributed by atoms with E-state index < -0.39 is 23.6 Å². The van der Waals surface area contributed by atoms with Crippen LogP contribution >= 0.6 is 0 Å². The van der Waals surface area contributed by atoms with Crippen molar-refractivity contribution in [3.05, 3.63) is 89.5 Å². The van der Waals surface area contributed by atoms with Gasteiger partial charge >= 0.3 is 6.18 Å². The molecule has 37 heavy (non-hydrogen) atoms. The zero-order valence-electron chi connectivity index (χ0n) is 20.0. The number of benzene rings is 3. The number of carbonyl (C=O) groups excluding carboxylic acids is 2. The summed E-state index contributed by atoms with van der Waals surface area (Å²) in [5, 5.41) is 6.24. The molecule has 3 aromatic carbocycles. The van der Waals surface area contributed by atoms with Crippen molar-refractivity contribution >= 4 is 23.7 Å². The Labute approximate surface area is 212 Å². The number of nitrogens with zero attached hydrogens (tertiary/aromatic N) is 1. The Kier molecular flexibility index (Phi) is 9.65. The molecule has 194 valence electrons. The van der Waals surface area contributed by atoms with E-state index >= 15 is 0 Å². The second kappa shape index (κ2) is 13.1. The highest BCUT2D eigenvalue weighted by Crippen LogP contribution is 2.31. The lowest BCUT2D eigenvalue weighted by Crippen LogP contribution is -2.20. The molecule has 0 aliphatic rings. The van der Waals surface area contributed by atoms with Crippen LogP contribution in [0, 0.1) is 0 Å². The number of amides is 2. The molecule has 0 spiro atoms. The fourth-order valence-corrected chi connectivity index (χ4v) is 3.19. The van der Waals surface area contributed by atoms with Gasteiger partial charge in [-0.2, -0.15) is 18.3 Å². The van der Waals surface area contributed by atoms with Gasteiger partial charge in [0, 0.05) is 18.5 Å². The van der Waals surface area contributed by atoms with Crippen LogP contribution in [0.4, 0.5) is 18.9 Å². The lowest BCUT2D eigenvalue weighted by Gasteiger charge is -2.12. The molecule has 7 nitrogen and oxygen atoms in total. The van der Waals surface area contributed by atoms with Gasteiger partial charge in [0.25, 0.3) is 0 Å². The third-order valence-electron chi connectivity index (χ3n) is 4.96. The van der Waals surface area contributed by atoms with Crippen LogP contribution in [0.5, 0.6) is 11.5 Å². The highest BCUT2D eigenvalue weighted by Gasteiger charge is 2.30. The van der Waals surface area contributed by atoms with Crippen LogP contribution in [-0.4, -0.2) is 24.6 Å². The first kappa shape index (κ1) is 27.3. The number of rotatable bonds is 11. The summed E-state index contributed by atoms with van der Waals surface area (Å²) in [7, 11) is 0. The van der Waals surface area contributed by atoms with E-state index in [2.05, 4.69) is 15.8 Å². The van der Waals surface area contributed by atoms with Gasteiger partial charge in [0.15, 0.2) is 11.5 Å². The summed E-state index contributed by atoms with van der Waals surface area (Å²) in [4.78, 5) is 24.0. The minimum atomic E-state index is -4.52. The smallest absolute Gasteiger partial charge is 0.416 e. The summed E-state index contributed by atoms with van der Waals surface area (Å²) in [5.74, 6) is -0.0205. The summed E-state index contributed by atoms with van der Waals surface area (Å²) >= 11 is 0. The first-order valence-electron chi connectivity index (χ1n) is 11.5. The number of hydrogen-bond acceptors (Lipinski definition) is 5. The van der Waals surface area contributed by atoms with Crippen LogP contribution < -0.4 is 20.2 Å². The van der Waals surface area contributed by atoms with Crippen LogP contribution in [0.1, 0.15) is 36.5 Å². The second-order valence-electron chi connectivity index (χ2n) is 7.83. The fraction of sp³-hybridized carbons (Fsp3) is 0.222. The molecule has 0 unspecified atom stereocenters. The van der Waals surface area contributed by atoms with E-state index in [1.165, 1.54) is 18.3 Å². The molecule has 0 aliphatic carbocycles. The number of hydrogen-bond donors (Lipinski definition) is 2.